The summed E-state index contributed by atoms with van der Waals surface area (Å²) in [5, 5.41) is 6.91. The van der Waals surface area contributed by atoms with Crippen molar-refractivity contribution in [2.45, 2.75) is 18.9 Å². The maximum atomic E-state index is 5.93. The lowest BCUT2D eigenvalue weighted by Gasteiger charge is -2.23. The third-order valence-corrected chi connectivity index (χ3v) is 4.15. The van der Waals surface area contributed by atoms with Gasteiger partial charge in [0.15, 0.2) is 0 Å². The third kappa shape index (κ3) is 4.00. The highest BCUT2D eigenvalue weighted by atomic mass is 16.5. The minimum atomic E-state index is 0.149. The lowest BCUT2D eigenvalue weighted by atomic mass is 10.1. The highest BCUT2D eigenvalue weighted by Crippen LogP contribution is 2.27. The molecule has 0 bridgehead atoms. The summed E-state index contributed by atoms with van der Waals surface area (Å²) in [5.74, 6) is 2.41. The Morgan fingerprint density at radius 3 is 2.28 bits per heavy atom. The number of ether oxygens (including phenoxy) is 3. The normalized spacial score (nSPS) is 17.2. The van der Waals surface area contributed by atoms with Crippen molar-refractivity contribution in [3.8, 4) is 28.5 Å². The summed E-state index contributed by atoms with van der Waals surface area (Å²) in [6.45, 7) is 1.51. The second kappa shape index (κ2) is 7.40. The molecule has 1 unspecified atom stereocenters. The van der Waals surface area contributed by atoms with Crippen LogP contribution in [0.4, 0.5) is 0 Å². The van der Waals surface area contributed by atoms with Gasteiger partial charge in [0.2, 0.25) is 0 Å². The van der Waals surface area contributed by atoms with Gasteiger partial charge in [0.25, 0.3) is 0 Å². The fraction of sp³-hybridized carbons (Fsp3) is 0.250. The van der Waals surface area contributed by atoms with E-state index in [4.69, 9.17) is 14.2 Å². The average molecular weight is 336 g/mol. The summed E-state index contributed by atoms with van der Waals surface area (Å²) in [6.07, 6.45) is 3.99. The van der Waals surface area contributed by atoms with Crippen LogP contribution in [0.5, 0.6) is 17.2 Å². The van der Waals surface area contributed by atoms with Crippen LogP contribution in [0.1, 0.15) is 12.8 Å². The first-order valence-electron chi connectivity index (χ1n) is 8.49. The highest BCUT2D eigenvalue weighted by Gasteiger charge is 2.15. The first kappa shape index (κ1) is 15.7. The van der Waals surface area contributed by atoms with Crippen molar-refractivity contribution in [2.75, 3.05) is 13.2 Å². The molecular weight excluding hydrogens is 316 g/mol. The van der Waals surface area contributed by atoms with Gasteiger partial charge in [-0.1, -0.05) is 0 Å². The van der Waals surface area contributed by atoms with E-state index < -0.39 is 0 Å². The van der Waals surface area contributed by atoms with Crippen LogP contribution in [-0.4, -0.2) is 29.5 Å². The number of nitrogens with one attached hydrogen (secondary N) is 1. The van der Waals surface area contributed by atoms with Gasteiger partial charge in [-0.05, 0) is 73.0 Å². The van der Waals surface area contributed by atoms with Crippen LogP contribution in [0.25, 0.3) is 11.3 Å². The Bertz CT molecular complexity index is 777. The van der Waals surface area contributed by atoms with Gasteiger partial charge < -0.3 is 14.2 Å². The summed E-state index contributed by atoms with van der Waals surface area (Å²) in [6, 6.07) is 17.5. The van der Waals surface area contributed by atoms with E-state index in [0.29, 0.717) is 6.61 Å². The second-order valence-electron chi connectivity index (χ2n) is 6.03. The molecule has 5 nitrogen and oxygen atoms in total. The first-order valence-corrected chi connectivity index (χ1v) is 8.49. The van der Waals surface area contributed by atoms with Gasteiger partial charge in [0.1, 0.15) is 23.4 Å². The van der Waals surface area contributed by atoms with Gasteiger partial charge in [0.05, 0.1) is 12.3 Å². The van der Waals surface area contributed by atoms with Crippen molar-refractivity contribution in [3.63, 3.8) is 0 Å². The van der Waals surface area contributed by atoms with Crippen LogP contribution in [-0.2, 0) is 4.74 Å². The summed E-state index contributed by atoms with van der Waals surface area (Å²) < 4.78 is 17.3. The van der Waals surface area contributed by atoms with Gasteiger partial charge >= 0.3 is 0 Å². The number of aromatic nitrogens is 2. The van der Waals surface area contributed by atoms with E-state index in [1.807, 2.05) is 54.6 Å². The molecule has 2 heterocycles. The number of benzene rings is 2. The van der Waals surface area contributed by atoms with Crippen molar-refractivity contribution in [1.29, 1.82) is 0 Å². The molecule has 1 aliphatic rings. The summed E-state index contributed by atoms with van der Waals surface area (Å²) in [4.78, 5) is 0. The largest absolute Gasteiger partial charge is 0.488 e. The van der Waals surface area contributed by atoms with Crippen LogP contribution < -0.4 is 9.47 Å². The Balaban J connectivity index is 1.37. The van der Waals surface area contributed by atoms with E-state index in [0.717, 1.165) is 48.0 Å². The number of nitrogens with zero attached hydrogens (tertiary/aromatic N) is 1. The van der Waals surface area contributed by atoms with E-state index in [9.17, 15) is 0 Å². The zero-order chi connectivity index (χ0) is 16.9. The lowest BCUT2D eigenvalue weighted by Crippen LogP contribution is -2.27. The molecule has 0 aliphatic carbocycles. The Kier molecular flexibility index (Phi) is 4.65. The van der Waals surface area contributed by atoms with Crippen LogP contribution in [0.15, 0.2) is 60.8 Å². The van der Waals surface area contributed by atoms with Crippen molar-refractivity contribution >= 4 is 0 Å². The maximum absolute atomic E-state index is 5.93. The van der Waals surface area contributed by atoms with Gasteiger partial charge in [-0.2, -0.15) is 5.10 Å². The smallest absolute Gasteiger partial charge is 0.127 e. The molecule has 1 aliphatic heterocycles. The average Bonchev–Trinajstić information content (AvgIpc) is 3.20. The fourth-order valence-electron chi connectivity index (χ4n) is 2.84. The van der Waals surface area contributed by atoms with Crippen LogP contribution >= 0.6 is 0 Å². The molecule has 1 aromatic heterocycles. The number of hydrogen-bond donors (Lipinski definition) is 1. The Morgan fingerprint density at radius 2 is 1.64 bits per heavy atom. The summed E-state index contributed by atoms with van der Waals surface area (Å²) in [5.41, 5.74) is 2.06. The van der Waals surface area contributed by atoms with Gasteiger partial charge in [-0.15, -0.1) is 0 Å². The quantitative estimate of drug-likeness (QED) is 0.749. The number of H-pyrrole nitrogens is 1. The predicted octanol–water partition coefficient (Wildman–Crippen LogP) is 4.43. The Labute approximate surface area is 146 Å². The molecule has 0 amide bonds. The van der Waals surface area contributed by atoms with E-state index in [1.165, 1.54) is 0 Å². The van der Waals surface area contributed by atoms with Crippen molar-refractivity contribution in [2.24, 2.45) is 0 Å². The molecule has 1 saturated heterocycles. The monoisotopic (exact) mass is 336 g/mol. The lowest BCUT2D eigenvalue weighted by molar-refractivity contribution is 0.00742. The molecule has 128 valence electrons. The van der Waals surface area contributed by atoms with Crippen molar-refractivity contribution in [1.82, 2.24) is 10.2 Å². The zero-order valence-electron chi connectivity index (χ0n) is 13.9. The molecule has 25 heavy (non-hydrogen) atoms. The minimum Gasteiger partial charge on any atom is -0.488 e. The molecule has 0 radical (unpaired) electrons. The minimum absolute atomic E-state index is 0.149. The second-order valence-corrected chi connectivity index (χ2v) is 6.03. The first-order chi connectivity index (χ1) is 12.4. The topological polar surface area (TPSA) is 56.4 Å². The number of hydrogen-bond acceptors (Lipinski definition) is 4. The molecule has 0 spiro atoms. The SMILES string of the molecule is c1cc(-c2ccc(Oc3ccc(OC4CCCOC4)cc3)cc2)[nH]n1. The standard InChI is InChI=1S/C20H20N2O3/c1-2-19(14-23-13-1)25-18-9-7-17(8-10-18)24-16-5-3-15(4-6-16)20-11-12-21-22-20/h3-12,19H,1-2,13-14H2,(H,21,22). The maximum Gasteiger partial charge on any atom is 0.127 e. The molecule has 1 fully saturated rings. The Morgan fingerprint density at radius 1 is 0.920 bits per heavy atom. The molecule has 4 rings (SSSR count). The van der Waals surface area contributed by atoms with Gasteiger partial charge in [-0.3, -0.25) is 5.10 Å². The molecule has 3 aromatic rings. The highest BCUT2D eigenvalue weighted by molar-refractivity contribution is 5.59. The molecular formula is C20H20N2O3. The van der Waals surface area contributed by atoms with E-state index >= 15 is 0 Å². The molecule has 1 N–H and O–H groups in total. The van der Waals surface area contributed by atoms with Crippen molar-refractivity contribution in [3.05, 3.63) is 60.8 Å². The summed E-state index contributed by atoms with van der Waals surface area (Å²) in [7, 11) is 0. The van der Waals surface area contributed by atoms with E-state index in [-0.39, 0.29) is 6.10 Å². The molecule has 1 atom stereocenters. The van der Waals surface area contributed by atoms with Crippen LogP contribution in [0.3, 0.4) is 0 Å². The predicted molar refractivity (Wildman–Crippen MR) is 95.0 cm³/mol. The number of aromatic amines is 1. The van der Waals surface area contributed by atoms with Crippen LogP contribution in [0.2, 0.25) is 0 Å². The van der Waals surface area contributed by atoms with E-state index in [2.05, 4.69) is 10.2 Å². The molecule has 0 saturated carbocycles. The molecule has 2 aromatic carbocycles. The van der Waals surface area contributed by atoms with E-state index in [1.54, 1.807) is 6.20 Å². The number of rotatable bonds is 5. The Hall–Kier alpha value is -2.79. The third-order valence-electron chi connectivity index (χ3n) is 4.15. The van der Waals surface area contributed by atoms with Crippen LogP contribution in [0, 0.1) is 0 Å². The molecule has 5 heteroatoms. The fourth-order valence-corrected chi connectivity index (χ4v) is 2.84. The van der Waals surface area contributed by atoms with Gasteiger partial charge in [0, 0.05) is 12.8 Å². The zero-order valence-corrected chi connectivity index (χ0v) is 13.9. The summed E-state index contributed by atoms with van der Waals surface area (Å²) >= 11 is 0. The van der Waals surface area contributed by atoms with Crippen molar-refractivity contribution < 1.29 is 14.2 Å². The van der Waals surface area contributed by atoms with Gasteiger partial charge in [-0.25, -0.2) is 0 Å².